The van der Waals surface area contributed by atoms with Crippen molar-refractivity contribution < 1.29 is 14.3 Å². The van der Waals surface area contributed by atoms with E-state index in [9.17, 15) is 9.59 Å². The van der Waals surface area contributed by atoms with Crippen molar-refractivity contribution in [3.8, 4) is 0 Å². The standard InChI is InChI=1S/C12H16O3/c1-7(13)5-10-8-3-4-9(6-8)11(10)12(14)15-2/h3-4,8-11H,5-6H2,1-2H3/t8-,9-,10+,11+/m0/s1. The summed E-state index contributed by atoms with van der Waals surface area (Å²) in [4.78, 5) is 22.8. The lowest BCUT2D eigenvalue weighted by Crippen LogP contribution is -2.29. The SMILES string of the molecule is COC(=O)[C@H]1[C@H](CC(C)=O)[C@H]2C=C[C@H]1C2. The van der Waals surface area contributed by atoms with Crippen LogP contribution in [0.25, 0.3) is 0 Å². The fourth-order valence-electron chi connectivity index (χ4n) is 3.02. The van der Waals surface area contributed by atoms with Gasteiger partial charge in [-0.15, -0.1) is 0 Å². The van der Waals surface area contributed by atoms with Crippen molar-refractivity contribution in [3.05, 3.63) is 12.2 Å². The normalized spacial score (nSPS) is 36.9. The van der Waals surface area contributed by atoms with Gasteiger partial charge in [0.05, 0.1) is 13.0 Å². The van der Waals surface area contributed by atoms with Crippen LogP contribution in [-0.2, 0) is 14.3 Å². The Morgan fingerprint density at radius 3 is 2.60 bits per heavy atom. The van der Waals surface area contributed by atoms with E-state index < -0.39 is 0 Å². The van der Waals surface area contributed by atoms with Gasteiger partial charge in [-0.05, 0) is 31.1 Å². The van der Waals surface area contributed by atoms with Gasteiger partial charge in [0.2, 0.25) is 0 Å². The van der Waals surface area contributed by atoms with Crippen molar-refractivity contribution in [3.63, 3.8) is 0 Å². The first kappa shape index (κ1) is 10.4. The molecule has 2 aliphatic carbocycles. The molecule has 0 amide bonds. The van der Waals surface area contributed by atoms with Gasteiger partial charge in [-0.3, -0.25) is 4.79 Å². The predicted octanol–water partition coefficient (Wildman–Crippen LogP) is 1.58. The van der Waals surface area contributed by atoms with E-state index in [-0.39, 0.29) is 23.6 Å². The first-order chi connectivity index (χ1) is 7.13. The lowest BCUT2D eigenvalue weighted by atomic mass is 9.80. The highest BCUT2D eigenvalue weighted by Crippen LogP contribution is 2.49. The largest absolute Gasteiger partial charge is 0.469 e. The predicted molar refractivity (Wildman–Crippen MR) is 55.0 cm³/mol. The van der Waals surface area contributed by atoms with E-state index in [0.717, 1.165) is 6.42 Å². The molecular formula is C12H16O3. The highest BCUT2D eigenvalue weighted by Gasteiger charge is 2.48. The average Bonchev–Trinajstić information content (AvgIpc) is 2.76. The van der Waals surface area contributed by atoms with Gasteiger partial charge in [0, 0.05) is 6.42 Å². The highest BCUT2D eigenvalue weighted by molar-refractivity contribution is 5.79. The minimum atomic E-state index is -0.155. The van der Waals surface area contributed by atoms with E-state index in [0.29, 0.717) is 18.3 Å². The number of ketones is 1. The third-order valence-corrected chi connectivity index (χ3v) is 3.62. The number of rotatable bonds is 3. The summed E-state index contributed by atoms with van der Waals surface area (Å²) in [6.45, 7) is 1.59. The van der Waals surface area contributed by atoms with Crippen LogP contribution in [0.3, 0.4) is 0 Å². The summed E-state index contributed by atoms with van der Waals surface area (Å²) in [5.41, 5.74) is 0. The number of methoxy groups -OCH3 is 1. The molecule has 3 heteroatoms. The van der Waals surface area contributed by atoms with Crippen LogP contribution in [-0.4, -0.2) is 18.9 Å². The second-order valence-electron chi connectivity index (χ2n) is 4.57. The maximum Gasteiger partial charge on any atom is 0.309 e. The molecule has 0 spiro atoms. The van der Waals surface area contributed by atoms with Crippen LogP contribution < -0.4 is 0 Å². The Labute approximate surface area is 89.5 Å². The molecule has 1 saturated carbocycles. The van der Waals surface area contributed by atoms with Crippen molar-refractivity contribution in [2.45, 2.75) is 19.8 Å². The molecule has 0 aliphatic heterocycles. The van der Waals surface area contributed by atoms with Crippen LogP contribution in [0.2, 0.25) is 0 Å². The number of Topliss-reactive ketones (excluding diaryl/α,β-unsaturated/α-hetero) is 1. The molecule has 0 N–H and O–H groups in total. The lowest BCUT2D eigenvalue weighted by molar-refractivity contribution is -0.148. The maximum atomic E-state index is 11.6. The van der Waals surface area contributed by atoms with E-state index in [1.165, 1.54) is 7.11 Å². The Kier molecular flexibility index (Phi) is 2.63. The summed E-state index contributed by atoms with van der Waals surface area (Å²) >= 11 is 0. The molecule has 15 heavy (non-hydrogen) atoms. The zero-order chi connectivity index (χ0) is 11.0. The molecule has 2 bridgehead atoms. The van der Waals surface area contributed by atoms with Crippen molar-refractivity contribution in [1.29, 1.82) is 0 Å². The quantitative estimate of drug-likeness (QED) is 0.522. The van der Waals surface area contributed by atoms with Gasteiger partial charge in [-0.1, -0.05) is 12.2 Å². The molecule has 1 fully saturated rings. The number of hydrogen-bond acceptors (Lipinski definition) is 3. The molecule has 0 saturated heterocycles. The van der Waals surface area contributed by atoms with Gasteiger partial charge < -0.3 is 9.53 Å². The Morgan fingerprint density at radius 2 is 2.00 bits per heavy atom. The third kappa shape index (κ3) is 1.71. The van der Waals surface area contributed by atoms with Crippen LogP contribution in [0, 0.1) is 23.7 Å². The highest BCUT2D eigenvalue weighted by atomic mass is 16.5. The second kappa shape index (κ2) is 3.80. The zero-order valence-electron chi connectivity index (χ0n) is 9.10. The molecule has 82 valence electrons. The molecule has 0 aromatic rings. The molecule has 0 aromatic carbocycles. The van der Waals surface area contributed by atoms with Gasteiger partial charge >= 0.3 is 5.97 Å². The molecule has 0 aromatic heterocycles. The smallest absolute Gasteiger partial charge is 0.309 e. The fourth-order valence-corrected chi connectivity index (χ4v) is 3.02. The van der Waals surface area contributed by atoms with Gasteiger partial charge in [-0.25, -0.2) is 0 Å². The van der Waals surface area contributed by atoms with Crippen LogP contribution in [0.15, 0.2) is 12.2 Å². The Balaban J connectivity index is 2.16. The van der Waals surface area contributed by atoms with Gasteiger partial charge in [0.1, 0.15) is 5.78 Å². The monoisotopic (exact) mass is 208 g/mol. The van der Waals surface area contributed by atoms with E-state index in [4.69, 9.17) is 4.74 Å². The van der Waals surface area contributed by atoms with Crippen LogP contribution in [0.5, 0.6) is 0 Å². The maximum absolute atomic E-state index is 11.6. The topological polar surface area (TPSA) is 43.4 Å². The van der Waals surface area contributed by atoms with E-state index in [1.54, 1.807) is 6.92 Å². The van der Waals surface area contributed by atoms with E-state index in [2.05, 4.69) is 12.2 Å². The molecule has 2 rings (SSSR count). The molecule has 0 radical (unpaired) electrons. The minimum Gasteiger partial charge on any atom is -0.469 e. The molecule has 0 heterocycles. The molecule has 0 unspecified atom stereocenters. The molecular weight excluding hydrogens is 192 g/mol. The van der Waals surface area contributed by atoms with E-state index >= 15 is 0 Å². The van der Waals surface area contributed by atoms with Crippen molar-refractivity contribution in [2.75, 3.05) is 7.11 Å². The number of fused-ring (bicyclic) bond motifs is 2. The van der Waals surface area contributed by atoms with Gasteiger partial charge in [-0.2, -0.15) is 0 Å². The summed E-state index contributed by atoms with van der Waals surface area (Å²) in [6.07, 6.45) is 5.77. The van der Waals surface area contributed by atoms with Crippen LogP contribution >= 0.6 is 0 Å². The number of esters is 1. The fraction of sp³-hybridized carbons (Fsp3) is 0.667. The Hall–Kier alpha value is -1.12. The first-order valence-corrected chi connectivity index (χ1v) is 5.39. The van der Waals surface area contributed by atoms with Crippen molar-refractivity contribution in [2.24, 2.45) is 23.7 Å². The Bertz CT molecular complexity index is 319. The first-order valence-electron chi connectivity index (χ1n) is 5.39. The van der Waals surface area contributed by atoms with Crippen LogP contribution in [0.4, 0.5) is 0 Å². The van der Waals surface area contributed by atoms with Crippen molar-refractivity contribution >= 4 is 11.8 Å². The average molecular weight is 208 g/mol. The van der Waals surface area contributed by atoms with Gasteiger partial charge in [0.25, 0.3) is 0 Å². The van der Waals surface area contributed by atoms with Crippen LogP contribution in [0.1, 0.15) is 19.8 Å². The second-order valence-corrected chi connectivity index (χ2v) is 4.57. The number of allylic oxidation sites excluding steroid dienone is 2. The minimum absolute atomic E-state index is 0.0890. The Morgan fingerprint density at radius 1 is 1.33 bits per heavy atom. The summed E-state index contributed by atoms with van der Waals surface area (Å²) in [5, 5.41) is 0. The number of carbonyl (C=O) groups excluding carboxylic acids is 2. The van der Waals surface area contributed by atoms with E-state index in [1.807, 2.05) is 0 Å². The summed E-state index contributed by atoms with van der Waals surface area (Å²) in [6, 6.07) is 0. The third-order valence-electron chi connectivity index (χ3n) is 3.62. The van der Waals surface area contributed by atoms with Crippen molar-refractivity contribution in [1.82, 2.24) is 0 Å². The molecule has 3 nitrogen and oxygen atoms in total. The zero-order valence-corrected chi connectivity index (χ0v) is 9.10. The summed E-state index contributed by atoms with van der Waals surface area (Å²) in [7, 11) is 1.42. The number of hydrogen-bond donors (Lipinski definition) is 0. The lowest BCUT2D eigenvalue weighted by Gasteiger charge is -2.24. The molecule has 2 aliphatic rings. The summed E-state index contributed by atoms with van der Waals surface area (Å²) in [5.74, 6) is 0.793. The number of ether oxygens (including phenoxy) is 1. The number of carbonyl (C=O) groups is 2. The molecule has 4 atom stereocenters. The summed E-state index contributed by atoms with van der Waals surface area (Å²) < 4.78 is 4.81. The van der Waals surface area contributed by atoms with Gasteiger partial charge in [0.15, 0.2) is 0 Å².